The van der Waals surface area contributed by atoms with Crippen molar-refractivity contribution < 1.29 is 18.7 Å². The lowest BCUT2D eigenvalue weighted by molar-refractivity contribution is -0.119. The number of aromatic nitrogens is 1. The molecule has 1 aromatic carbocycles. The van der Waals surface area contributed by atoms with E-state index >= 15 is 0 Å². The molecule has 0 aliphatic rings. The lowest BCUT2D eigenvalue weighted by Crippen LogP contribution is -2.30. The molecule has 0 aliphatic heterocycles. The number of rotatable bonds is 7. The van der Waals surface area contributed by atoms with Crippen LogP contribution in [-0.2, 0) is 10.5 Å². The smallest absolute Gasteiger partial charge is 0.230 e. The summed E-state index contributed by atoms with van der Waals surface area (Å²) in [6.07, 6.45) is 1.96. The van der Waals surface area contributed by atoms with Crippen LogP contribution in [0.4, 0.5) is 8.78 Å². The number of carbonyl (C=O) groups excluding carboxylic acids is 1. The average Bonchev–Trinajstić information content (AvgIpc) is 2.54. The van der Waals surface area contributed by atoms with Crippen LogP contribution in [0.2, 0.25) is 0 Å². The van der Waals surface area contributed by atoms with Gasteiger partial charge in [0.1, 0.15) is 17.7 Å². The van der Waals surface area contributed by atoms with Crippen molar-refractivity contribution in [2.45, 2.75) is 11.9 Å². The van der Waals surface area contributed by atoms with Crippen molar-refractivity contribution in [1.82, 2.24) is 10.3 Å². The third kappa shape index (κ3) is 5.30. The first kappa shape index (κ1) is 17.4. The molecule has 23 heavy (non-hydrogen) atoms. The van der Waals surface area contributed by atoms with Crippen LogP contribution in [0, 0.1) is 11.6 Å². The van der Waals surface area contributed by atoms with Crippen LogP contribution in [0.1, 0.15) is 17.2 Å². The molecule has 0 spiro atoms. The van der Waals surface area contributed by atoms with Gasteiger partial charge in [0.2, 0.25) is 5.91 Å². The third-order valence-corrected chi connectivity index (χ3v) is 4.05. The normalized spacial score (nSPS) is 12.0. The highest BCUT2D eigenvalue weighted by Gasteiger charge is 2.18. The van der Waals surface area contributed by atoms with Gasteiger partial charge in [-0.15, -0.1) is 11.8 Å². The van der Waals surface area contributed by atoms with Crippen molar-refractivity contribution in [3.05, 3.63) is 65.5 Å². The average molecular weight is 338 g/mol. The Balaban J connectivity index is 1.76. The van der Waals surface area contributed by atoms with Crippen molar-refractivity contribution in [1.29, 1.82) is 0 Å². The molecule has 1 unspecified atom stereocenters. The van der Waals surface area contributed by atoms with Crippen LogP contribution in [0.3, 0.4) is 0 Å². The van der Waals surface area contributed by atoms with E-state index in [0.717, 1.165) is 17.7 Å². The van der Waals surface area contributed by atoms with Crippen LogP contribution >= 0.6 is 11.8 Å². The maximum atomic E-state index is 13.5. The molecule has 2 aromatic rings. The van der Waals surface area contributed by atoms with E-state index in [2.05, 4.69) is 10.3 Å². The summed E-state index contributed by atoms with van der Waals surface area (Å²) in [5.41, 5.74) is 0.564. The number of nitrogens with one attached hydrogen (secondary N) is 1. The summed E-state index contributed by atoms with van der Waals surface area (Å²) in [6, 6.07) is 7.06. The maximum absolute atomic E-state index is 13.5. The van der Waals surface area contributed by atoms with Gasteiger partial charge in [-0.05, 0) is 23.8 Å². The van der Waals surface area contributed by atoms with Crippen molar-refractivity contribution in [2.75, 3.05) is 12.3 Å². The fraction of sp³-hybridized carbons (Fsp3) is 0.250. The van der Waals surface area contributed by atoms with E-state index in [0.29, 0.717) is 5.75 Å². The quantitative estimate of drug-likeness (QED) is 0.814. The topological polar surface area (TPSA) is 62.2 Å². The summed E-state index contributed by atoms with van der Waals surface area (Å²) in [5.74, 6) is -1.17. The number of carbonyl (C=O) groups is 1. The predicted octanol–water partition coefficient (Wildman–Crippen LogP) is 2.44. The Morgan fingerprint density at radius 2 is 2.00 bits per heavy atom. The first-order valence-electron chi connectivity index (χ1n) is 6.93. The molecule has 0 radical (unpaired) electrons. The third-order valence-electron chi connectivity index (χ3n) is 3.05. The van der Waals surface area contributed by atoms with Gasteiger partial charge < -0.3 is 10.4 Å². The van der Waals surface area contributed by atoms with Gasteiger partial charge in [0.15, 0.2) is 0 Å². The summed E-state index contributed by atoms with van der Waals surface area (Å²) < 4.78 is 27.0. The molecule has 0 fully saturated rings. The first-order chi connectivity index (χ1) is 11.1. The SMILES string of the molecule is O=C(CSCc1cccnc1)NCC(O)c1c(F)cccc1F. The number of aliphatic hydroxyl groups is 1. The summed E-state index contributed by atoms with van der Waals surface area (Å²) in [4.78, 5) is 15.7. The van der Waals surface area contributed by atoms with Crippen LogP contribution in [0.5, 0.6) is 0 Å². The minimum absolute atomic E-state index is 0.182. The van der Waals surface area contributed by atoms with Crippen molar-refractivity contribution in [3.8, 4) is 0 Å². The minimum Gasteiger partial charge on any atom is -0.386 e. The van der Waals surface area contributed by atoms with Gasteiger partial charge in [-0.1, -0.05) is 12.1 Å². The van der Waals surface area contributed by atoms with Gasteiger partial charge in [0.05, 0.1) is 11.3 Å². The Morgan fingerprint density at radius 1 is 1.26 bits per heavy atom. The lowest BCUT2D eigenvalue weighted by Gasteiger charge is -2.13. The highest BCUT2D eigenvalue weighted by atomic mass is 32.2. The number of nitrogens with zero attached hydrogens (tertiary/aromatic N) is 1. The number of thioether (sulfide) groups is 1. The van der Waals surface area contributed by atoms with E-state index in [4.69, 9.17) is 0 Å². The predicted molar refractivity (Wildman–Crippen MR) is 84.7 cm³/mol. The zero-order valence-corrected chi connectivity index (χ0v) is 13.0. The molecule has 7 heteroatoms. The molecule has 122 valence electrons. The maximum Gasteiger partial charge on any atom is 0.230 e. The minimum atomic E-state index is -1.43. The number of halogens is 2. The molecular weight excluding hydrogens is 322 g/mol. The molecule has 1 aromatic heterocycles. The second-order valence-electron chi connectivity index (χ2n) is 4.81. The van der Waals surface area contributed by atoms with E-state index in [1.807, 2.05) is 12.1 Å². The van der Waals surface area contributed by atoms with Crippen molar-refractivity contribution in [3.63, 3.8) is 0 Å². The number of aliphatic hydroxyl groups excluding tert-OH is 1. The molecular formula is C16H16F2N2O2S. The van der Waals surface area contributed by atoms with Crippen molar-refractivity contribution >= 4 is 17.7 Å². The largest absolute Gasteiger partial charge is 0.386 e. The summed E-state index contributed by atoms with van der Waals surface area (Å²) in [5, 5.41) is 12.3. The molecule has 1 heterocycles. The van der Waals surface area contributed by atoms with Crippen LogP contribution in [0.15, 0.2) is 42.7 Å². The fourth-order valence-corrected chi connectivity index (χ4v) is 2.73. The van der Waals surface area contributed by atoms with E-state index < -0.39 is 23.3 Å². The Labute approximate surface area is 136 Å². The number of pyridine rings is 1. The van der Waals surface area contributed by atoms with Gasteiger partial charge in [0, 0.05) is 24.7 Å². The molecule has 0 saturated carbocycles. The Hall–Kier alpha value is -1.99. The van der Waals surface area contributed by atoms with E-state index in [-0.39, 0.29) is 18.2 Å². The van der Waals surface area contributed by atoms with Gasteiger partial charge in [-0.2, -0.15) is 0 Å². The van der Waals surface area contributed by atoms with Crippen LogP contribution < -0.4 is 5.32 Å². The number of amides is 1. The van der Waals surface area contributed by atoms with Gasteiger partial charge >= 0.3 is 0 Å². The lowest BCUT2D eigenvalue weighted by atomic mass is 10.1. The van der Waals surface area contributed by atoms with E-state index in [9.17, 15) is 18.7 Å². The molecule has 0 aliphatic carbocycles. The Morgan fingerprint density at radius 3 is 2.65 bits per heavy atom. The zero-order chi connectivity index (χ0) is 16.7. The second kappa shape index (κ2) is 8.59. The number of hydrogen-bond donors (Lipinski definition) is 2. The summed E-state index contributed by atoms with van der Waals surface area (Å²) in [7, 11) is 0. The first-order valence-corrected chi connectivity index (χ1v) is 8.08. The Bertz CT molecular complexity index is 636. The molecule has 2 N–H and O–H groups in total. The second-order valence-corrected chi connectivity index (χ2v) is 5.79. The number of hydrogen-bond acceptors (Lipinski definition) is 4. The standard InChI is InChI=1S/C16H16F2N2O2S/c17-12-4-1-5-13(18)16(12)14(21)8-20-15(22)10-23-9-11-3-2-6-19-7-11/h1-7,14,21H,8-10H2,(H,20,22). The molecule has 2 rings (SSSR count). The Kier molecular flexibility index (Phi) is 6.49. The molecule has 4 nitrogen and oxygen atoms in total. The van der Waals surface area contributed by atoms with Gasteiger partial charge in [-0.3, -0.25) is 9.78 Å². The van der Waals surface area contributed by atoms with Gasteiger partial charge in [-0.25, -0.2) is 8.78 Å². The highest BCUT2D eigenvalue weighted by molar-refractivity contribution is 7.99. The van der Waals surface area contributed by atoms with Crippen LogP contribution in [0.25, 0.3) is 0 Å². The van der Waals surface area contributed by atoms with Crippen LogP contribution in [-0.4, -0.2) is 28.3 Å². The van der Waals surface area contributed by atoms with Gasteiger partial charge in [0.25, 0.3) is 0 Å². The molecule has 1 atom stereocenters. The van der Waals surface area contributed by atoms with Crippen molar-refractivity contribution in [2.24, 2.45) is 0 Å². The monoisotopic (exact) mass is 338 g/mol. The number of benzene rings is 1. The molecule has 0 saturated heterocycles. The fourth-order valence-electron chi connectivity index (χ4n) is 1.94. The summed E-state index contributed by atoms with van der Waals surface area (Å²) >= 11 is 1.39. The highest BCUT2D eigenvalue weighted by Crippen LogP contribution is 2.20. The zero-order valence-electron chi connectivity index (χ0n) is 12.2. The molecule has 0 bridgehead atoms. The van der Waals surface area contributed by atoms with E-state index in [1.54, 1.807) is 12.4 Å². The van der Waals surface area contributed by atoms with E-state index in [1.165, 1.54) is 17.8 Å². The summed E-state index contributed by atoms with van der Waals surface area (Å²) in [6.45, 7) is -0.246. The molecule has 1 amide bonds.